The Balaban J connectivity index is 1.19. The van der Waals surface area contributed by atoms with Crippen LogP contribution in [-0.2, 0) is 17.8 Å². The molecule has 0 radical (unpaired) electrons. The number of nitrogens with one attached hydrogen (secondary N) is 1. The quantitative estimate of drug-likeness (QED) is 0.318. The largest absolute Gasteiger partial charge is 0.450 e. The third kappa shape index (κ3) is 5.10. The van der Waals surface area contributed by atoms with E-state index in [-0.39, 0.29) is 11.1 Å². The molecule has 0 aliphatic heterocycles. The highest BCUT2D eigenvalue weighted by molar-refractivity contribution is 6.28. The standard InChI is InChI=1S/C20H21ClN8O2/c21-19-26-17(22)16-18(27-19)29(13-25-16)7-1-2-9-31-20(30)24-11-14-4-3-5-15(10-14)28-8-6-23-12-28/h3-6,8,10,12-13H,1-2,7,9,11H2,(H,24,30)(H2,22,26,27). The Hall–Kier alpha value is -3.66. The van der Waals surface area contributed by atoms with E-state index >= 15 is 0 Å². The van der Waals surface area contributed by atoms with E-state index in [9.17, 15) is 4.79 Å². The lowest BCUT2D eigenvalue weighted by Gasteiger charge is -2.09. The van der Waals surface area contributed by atoms with Crippen molar-refractivity contribution in [3.05, 3.63) is 60.2 Å². The van der Waals surface area contributed by atoms with E-state index < -0.39 is 6.09 Å². The number of nitrogens with zero attached hydrogens (tertiary/aromatic N) is 6. The average Bonchev–Trinajstić information content (AvgIpc) is 3.43. The van der Waals surface area contributed by atoms with Crippen molar-refractivity contribution in [3.63, 3.8) is 0 Å². The third-order valence-corrected chi connectivity index (χ3v) is 4.81. The van der Waals surface area contributed by atoms with Crippen molar-refractivity contribution in [3.8, 4) is 5.69 Å². The van der Waals surface area contributed by atoms with Gasteiger partial charge >= 0.3 is 6.09 Å². The molecule has 11 heteroatoms. The van der Waals surface area contributed by atoms with E-state index in [1.165, 1.54) is 0 Å². The van der Waals surface area contributed by atoms with Gasteiger partial charge in [-0.1, -0.05) is 12.1 Å². The molecule has 0 unspecified atom stereocenters. The number of carbonyl (C=O) groups excluding carboxylic acids is 1. The smallest absolute Gasteiger partial charge is 0.407 e. The lowest BCUT2D eigenvalue weighted by Crippen LogP contribution is -2.24. The molecule has 0 aliphatic carbocycles. The zero-order valence-electron chi connectivity index (χ0n) is 16.6. The fourth-order valence-electron chi connectivity index (χ4n) is 3.12. The second kappa shape index (κ2) is 9.43. The van der Waals surface area contributed by atoms with Crippen LogP contribution in [0.25, 0.3) is 16.9 Å². The van der Waals surface area contributed by atoms with Gasteiger partial charge in [-0.2, -0.15) is 9.97 Å². The van der Waals surface area contributed by atoms with Gasteiger partial charge in [0.05, 0.1) is 19.3 Å². The maximum absolute atomic E-state index is 12.0. The number of aromatic nitrogens is 6. The minimum absolute atomic E-state index is 0.0855. The molecule has 0 fully saturated rings. The average molecular weight is 441 g/mol. The number of imidazole rings is 2. The van der Waals surface area contributed by atoms with Crippen molar-refractivity contribution in [2.75, 3.05) is 12.3 Å². The van der Waals surface area contributed by atoms with Gasteiger partial charge in [-0.05, 0) is 42.1 Å². The van der Waals surface area contributed by atoms with Gasteiger partial charge in [0.15, 0.2) is 11.5 Å². The first kappa shape index (κ1) is 20.6. The number of fused-ring (bicyclic) bond motifs is 1. The molecule has 0 atom stereocenters. The molecule has 31 heavy (non-hydrogen) atoms. The van der Waals surface area contributed by atoms with Gasteiger partial charge in [0.2, 0.25) is 5.28 Å². The second-order valence-corrected chi connectivity index (χ2v) is 7.16. The number of carbonyl (C=O) groups is 1. The summed E-state index contributed by atoms with van der Waals surface area (Å²) in [4.78, 5) is 28.3. The van der Waals surface area contributed by atoms with Crippen LogP contribution in [0.15, 0.2) is 49.3 Å². The number of hydrogen-bond donors (Lipinski definition) is 2. The van der Waals surface area contributed by atoms with Crippen LogP contribution in [0, 0.1) is 0 Å². The van der Waals surface area contributed by atoms with Crippen LogP contribution in [0.2, 0.25) is 5.28 Å². The minimum atomic E-state index is -0.451. The molecule has 1 aromatic carbocycles. The van der Waals surface area contributed by atoms with E-state index in [1.807, 2.05) is 39.6 Å². The molecule has 4 aromatic rings. The number of ether oxygens (including phenoxy) is 1. The van der Waals surface area contributed by atoms with Crippen molar-refractivity contribution in [2.45, 2.75) is 25.9 Å². The van der Waals surface area contributed by atoms with E-state index in [4.69, 9.17) is 22.1 Å². The van der Waals surface area contributed by atoms with Gasteiger partial charge in [0, 0.05) is 31.2 Å². The SMILES string of the molecule is Nc1nc(Cl)nc2c1ncn2CCCCOC(=O)NCc1cccc(-n2ccnc2)c1. The van der Waals surface area contributed by atoms with Crippen molar-refractivity contribution >= 4 is 34.7 Å². The van der Waals surface area contributed by atoms with Gasteiger partial charge in [-0.3, -0.25) is 0 Å². The first-order valence-electron chi connectivity index (χ1n) is 9.72. The molecule has 160 valence electrons. The first-order chi connectivity index (χ1) is 15.1. The number of benzene rings is 1. The number of anilines is 1. The highest BCUT2D eigenvalue weighted by Gasteiger charge is 2.10. The molecule has 4 rings (SSSR count). The van der Waals surface area contributed by atoms with E-state index in [0.717, 1.165) is 17.7 Å². The Morgan fingerprint density at radius 2 is 2.13 bits per heavy atom. The van der Waals surface area contributed by atoms with Gasteiger partial charge < -0.3 is 24.9 Å². The second-order valence-electron chi connectivity index (χ2n) is 6.82. The molecule has 3 heterocycles. The third-order valence-electron chi connectivity index (χ3n) is 4.64. The number of amides is 1. The normalized spacial score (nSPS) is 11.0. The Bertz CT molecular complexity index is 1180. The van der Waals surface area contributed by atoms with Crippen LogP contribution in [-0.4, -0.2) is 41.8 Å². The zero-order valence-corrected chi connectivity index (χ0v) is 17.4. The summed E-state index contributed by atoms with van der Waals surface area (Å²) in [6.07, 6.45) is 7.97. The summed E-state index contributed by atoms with van der Waals surface area (Å²) in [5, 5.41) is 2.85. The van der Waals surface area contributed by atoms with Gasteiger partial charge in [-0.15, -0.1) is 0 Å². The highest BCUT2D eigenvalue weighted by atomic mass is 35.5. The van der Waals surface area contributed by atoms with E-state index in [1.54, 1.807) is 18.9 Å². The summed E-state index contributed by atoms with van der Waals surface area (Å²) in [5.41, 5.74) is 8.87. The van der Waals surface area contributed by atoms with Crippen LogP contribution in [0.1, 0.15) is 18.4 Å². The summed E-state index contributed by atoms with van der Waals surface area (Å²) in [6, 6.07) is 7.84. The predicted octanol–water partition coefficient (Wildman–Crippen LogP) is 2.95. The van der Waals surface area contributed by atoms with Crippen LogP contribution in [0.5, 0.6) is 0 Å². The summed E-state index contributed by atoms with van der Waals surface area (Å²) in [5.74, 6) is 0.254. The molecule has 0 aliphatic rings. The summed E-state index contributed by atoms with van der Waals surface area (Å²) < 4.78 is 9.01. The highest BCUT2D eigenvalue weighted by Crippen LogP contribution is 2.18. The van der Waals surface area contributed by atoms with Crippen molar-refractivity contribution in [1.29, 1.82) is 0 Å². The Kier molecular flexibility index (Phi) is 6.27. The fraction of sp³-hybridized carbons (Fsp3) is 0.250. The number of nitrogen functional groups attached to an aromatic ring is 1. The van der Waals surface area contributed by atoms with Crippen molar-refractivity contribution in [1.82, 2.24) is 34.4 Å². The molecule has 0 saturated carbocycles. The summed E-state index contributed by atoms with van der Waals surface area (Å²) in [6.45, 7) is 1.34. The zero-order chi connectivity index (χ0) is 21.6. The molecular weight excluding hydrogens is 420 g/mol. The van der Waals surface area contributed by atoms with Crippen molar-refractivity contribution in [2.24, 2.45) is 0 Å². The van der Waals surface area contributed by atoms with Crippen LogP contribution in [0.4, 0.5) is 10.6 Å². The number of rotatable bonds is 8. The fourth-order valence-corrected chi connectivity index (χ4v) is 3.29. The van der Waals surface area contributed by atoms with Gasteiger partial charge in [-0.25, -0.2) is 14.8 Å². The first-order valence-corrected chi connectivity index (χ1v) is 10.1. The molecule has 0 saturated heterocycles. The van der Waals surface area contributed by atoms with Gasteiger partial charge in [0.25, 0.3) is 0 Å². The molecule has 3 N–H and O–H groups in total. The summed E-state index contributed by atoms with van der Waals surface area (Å²) in [7, 11) is 0. The summed E-state index contributed by atoms with van der Waals surface area (Å²) >= 11 is 5.87. The number of halogens is 1. The lowest BCUT2D eigenvalue weighted by atomic mass is 10.2. The Labute approximate surface area is 183 Å². The molecule has 0 bridgehead atoms. The molecule has 0 spiro atoms. The predicted molar refractivity (Wildman–Crippen MR) is 116 cm³/mol. The monoisotopic (exact) mass is 440 g/mol. The maximum atomic E-state index is 12.0. The van der Waals surface area contributed by atoms with Crippen LogP contribution in [0.3, 0.4) is 0 Å². The van der Waals surface area contributed by atoms with E-state index in [0.29, 0.717) is 37.3 Å². The van der Waals surface area contributed by atoms with Crippen molar-refractivity contribution < 1.29 is 9.53 Å². The number of aryl methyl sites for hydroxylation is 1. The maximum Gasteiger partial charge on any atom is 0.407 e. The molecule has 1 amide bonds. The lowest BCUT2D eigenvalue weighted by molar-refractivity contribution is 0.143. The Morgan fingerprint density at radius 3 is 2.97 bits per heavy atom. The number of unbranched alkanes of at least 4 members (excludes halogenated alkanes) is 1. The van der Waals surface area contributed by atoms with Crippen LogP contribution >= 0.6 is 11.6 Å². The molecule has 3 aromatic heterocycles. The minimum Gasteiger partial charge on any atom is -0.450 e. The number of nitrogens with two attached hydrogens (primary N) is 1. The van der Waals surface area contributed by atoms with E-state index in [2.05, 4.69) is 25.3 Å². The van der Waals surface area contributed by atoms with Crippen LogP contribution < -0.4 is 11.1 Å². The topological polar surface area (TPSA) is 126 Å². The number of hydrogen-bond acceptors (Lipinski definition) is 7. The molecular formula is C20H21ClN8O2. The van der Waals surface area contributed by atoms with Gasteiger partial charge in [0.1, 0.15) is 5.52 Å². The number of alkyl carbamates (subject to hydrolysis) is 1. The Morgan fingerprint density at radius 1 is 1.23 bits per heavy atom. The molecule has 10 nitrogen and oxygen atoms in total.